The summed E-state index contributed by atoms with van der Waals surface area (Å²) >= 11 is 0. The summed E-state index contributed by atoms with van der Waals surface area (Å²) in [7, 11) is -3.54. The van der Waals surface area contributed by atoms with Crippen molar-refractivity contribution in [3.8, 4) is 0 Å². The van der Waals surface area contributed by atoms with Crippen molar-refractivity contribution in [3.05, 3.63) is 0 Å². The number of Topliss-reactive ketones (excluding diaryl/α,β-unsaturated/α-hetero) is 2. The number of ketones is 2. The summed E-state index contributed by atoms with van der Waals surface area (Å²) in [6.07, 6.45) is 7.98. The Kier molecular flexibility index (Phi) is 8.99. The van der Waals surface area contributed by atoms with Gasteiger partial charge in [-0.1, -0.05) is 52.9 Å². The molecule has 4 aliphatic carbocycles. The van der Waals surface area contributed by atoms with Gasteiger partial charge in [-0.25, -0.2) is 13.2 Å². The van der Waals surface area contributed by atoms with E-state index in [-0.39, 0.29) is 28.9 Å². The smallest absolute Gasteiger partial charge is 0.315 e. The van der Waals surface area contributed by atoms with Crippen molar-refractivity contribution in [3.63, 3.8) is 0 Å². The number of nitrogens with one attached hydrogen (secondary N) is 3. The van der Waals surface area contributed by atoms with Crippen molar-refractivity contribution in [1.82, 2.24) is 20.9 Å². The zero-order valence-corrected chi connectivity index (χ0v) is 29.5. The van der Waals surface area contributed by atoms with Crippen LogP contribution in [0.15, 0.2) is 0 Å². The fraction of sp³-hybridized carbons (Fsp3) is 0.853. The summed E-state index contributed by atoms with van der Waals surface area (Å²) in [6, 6.07) is -3.27. The maximum Gasteiger partial charge on any atom is 0.315 e. The number of amides is 4. The molecule has 0 radical (unpaired) electrons. The lowest BCUT2D eigenvalue weighted by Gasteiger charge is -2.41. The average Bonchev–Trinajstić information content (AvgIpc) is 3.90. The lowest BCUT2D eigenvalue weighted by Crippen LogP contribution is -2.64. The van der Waals surface area contributed by atoms with Gasteiger partial charge in [-0.15, -0.1) is 0 Å². The molecule has 3 unspecified atom stereocenters. The van der Waals surface area contributed by atoms with Gasteiger partial charge in [0.05, 0.1) is 22.1 Å². The van der Waals surface area contributed by atoms with E-state index in [9.17, 15) is 32.4 Å². The fourth-order valence-corrected chi connectivity index (χ4v) is 9.62. The van der Waals surface area contributed by atoms with Crippen molar-refractivity contribution in [2.75, 3.05) is 12.3 Å². The molecule has 1 spiro atoms. The predicted molar refractivity (Wildman–Crippen MR) is 173 cm³/mol. The van der Waals surface area contributed by atoms with Gasteiger partial charge < -0.3 is 20.9 Å². The summed E-state index contributed by atoms with van der Waals surface area (Å²) < 4.78 is 25.6. The van der Waals surface area contributed by atoms with Crippen LogP contribution >= 0.6 is 0 Å². The predicted octanol–water partition coefficient (Wildman–Crippen LogP) is 3.30. The Bertz CT molecular complexity index is 1380. The van der Waals surface area contributed by atoms with E-state index in [2.05, 4.69) is 16.0 Å². The first-order valence-corrected chi connectivity index (χ1v) is 18.8. The van der Waals surface area contributed by atoms with Gasteiger partial charge in [0.2, 0.25) is 17.6 Å². The highest BCUT2D eigenvalue weighted by molar-refractivity contribution is 7.92. The minimum absolute atomic E-state index is 0.00647. The quantitative estimate of drug-likeness (QED) is 0.287. The van der Waals surface area contributed by atoms with Crippen LogP contribution in [0.3, 0.4) is 0 Å². The number of sulfone groups is 1. The second-order valence-electron chi connectivity index (χ2n) is 17.1. The third-order valence-corrected chi connectivity index (χ3v) is 14.2. The van der Waals surface area contributed by atoms with E-state index in [1.807, 2.05) is 20.8 Å². The Labute approximate surface area is 274 Å². The van der Waals surface area contributed by atoms with Gasteiger partial charge in [0.1, 0.15) is 12.1 Å². The number of likely N-dealkylation sites (tertiary alicyclic amines) is 1. The Balaban J connectivity index is 1.34. The minimum Gasteiger partial charge on any atom is -0.344 e. The third-order valence-electron chi connectivity index (χ3n) is 11.4. The summed E-state index contributed by atoms with van der Waals surface area (Å²) in [5.74, 6) is -1.67. The molecule has 0 aromatic heterocycles. The van der Waals surface area contributed by atoms with Gasteiger partial charge >= 0.3 is 6.03 Å². The van der Waals surface area contributed by atoms with Crippen molar-refractivity contribution in [2.24, 2.45) is 28.6 Å². The molecule has 0 aromatic carbocycles. The van der Waals surface area contributed by atoms with Crippen LogP contribution in [0.5, 0.6) is 0 Å². The van der Waals surface area contributed by atoms with Gasteiger partial charge in [-0.2, -0.15) is 0 Å². The molecule has 5 atom stereocenters. The average molecular weight is 663 g/mol. The largest absolute Gasteiger partial charge is 0.344 e. The Hall–Kier alpha value is -2.50. The molecule has 0 aromatic rings. The van der Waals surface area contributed by atoms with Gasteiger partial charge in [-0.05, 0) is 81.5 Å². The second kappa shape index (κ2) is 11.9. The van der Waals surface area contributed by atoms with Crippen LogP contribution in [0, 0.1) is 28.6 Å². The molecular weight excluding hydrogens is 608 g/mol. The van der Waals surface area contributed by atoms with E-state index in [4.69, 9.17) is 0 Å². The van der Waals surface area contributed by atoms with Crippen LogP contribution in [-0.4, -0.2) is 83.4 Å². The number of hydrogen-bond donors (Lipinski definition) is 3. The number of carbonyl (C=O) groups is 5. The third kappa shape index (κ3) is 6.88. The van der Waals surface area contributed by atoms with Crippen LogP contribution in [0.2, 0.25) is 0 Å². The number of piperidine rings is 1. The molecule has 258 valence electrons. The van der Waals surface area contributed by atoms with Crippen LogP contribution in [0.25, 0.3) is 0 Å². The number of rotatable bonds is 11. The zero-order chi connectivity index (χ0) is 34.0. The highest BCUT2D eigenvalue weighted by Crippen LogP contribution is 2.78. The molecule has 5 rings (SSSR count). The van der Waals surface area contributed by atoms with Crippen LogP contribution in [-0.2, 0) is 29.0 Å². The first kappa shape index (κ1) is 34.8. The Morgan fingerprint density at radius 2 is 1.50 bits per heavy atom. The summed E-state index contributed by atoms with van der Waals surface area (Å²) in [6.45, 7) is 12.2. The van der Waals surface area contributed by atoms with Crippen LogP contribution in [0.4, 0.5) is 4.79 Å². The first-order valence-electron chi connectivity index (χ1n) is 17.2. The molecule has 11 nitrogen and oxygen atoms in total. The van der Waals surface area contributed by atoms with Crippen LogP contribution in [0.1, 0.15) is 113 Å². The lowest BCUT2D eigenvalue weighted by molar-refractivity contribution is -0.144. The van der Waals surface area contributed by atoms with Gasteiger partial charge in [0, 0.05) is 13.5 Å². The molecule has 0 bridgehead atoms. The number of carbonyl (C=O) groups excluding carboxylic acids is 5. The van der Waals surface area contributed by atoms with E-state index in [0.29, 0.717) is 31.7 Å². The van der Waals surface area contributed by atoms with Gasteiger partial charge in [0.25, 0.3) is 0 Å². The lowest BCUT2D eigenvalue weighted by atomic mass is 9.83. The van der Waals surface area contributed by atoms with E-state index in [1.54, 1.807) is 25.7 Å². The Morgan fingerprint density at radius 3 is 2.00 bits per heavy atom. The normalized spacial score (nSPS) is 27.6. The Morgan fingerprint density at radius 1 is 0.891 bits per heavy atom. The summed E-state index contributed by atoms with van der Waals surface area (Å²) in [5, 5.41) is 8.78. The van der Waals surface area contributed by atoms with Crippen molar-refractivity contribution in [1.29, 1.82) is 0 Å². The zero-order valence-electron chi connectivity index (χ0n) is 28.7. The molecule has 1 aliphatic heterocycles. The molecule has 4 amide bonds. The monoisotopic (exact) mass is 662 g/mol. The van der Waals surface area contributed by atoms with Crippen LogP contribution < -0.4 is 16.0 Å². The molecule has 3 N–H and O–H groups in total. The maximum atomic E-state index is 14.4. The molecule has 4 saturated carbocycles. The van der Waals surface area contributed by atoms with Gasteiger partial charge in [-0.3, -0.25) is 19.2 Å². The first-order chi connectivity index (χ1) is 21.2. The van der Waals surface area contributed by atoms with E-state index >= 15 is 0 Å². The molecule has 5 fully saturated rings. The number of fused-ring (bicyclic) bond motifs is 3. The highest BCUT2D eigenvalue weighted by Gasteiger charge is 2.79. The molecule has 46 heavy (non-hydrogen) atoms. The molecule has 1 heterocycles. The molecule has 5 aliphatic rings. The summed E-state index contributed by atoms with van der Waals surface area (Å²) in [4.78, 5) is 68.3. The van der Waals surface area contributed by atoms with Crippen molar-refractivity contribution in [2.45, 2.75) is 141 Å². The molecule has 1 saturated heterocycles. The highest BCUT2D eigenvalue weighted by atomic mass is 32.2. The van der Waals surface area contributed by atoms with Crippen molar-refractivity contribution < 1.29 is 32.4 Å². The summed E-state index contributed by atoms with van der Waals surface area (Å²) in [5.41, 5.74) is -1.59. The van der Waals surface area contributed by atoms with E-state index in [1.165, 1.54) is 6.92 Å². The maximum absolute atomic E-state index is 14.4. The molecular formula is C34H54N4O7S. The minimum atomic E-state index is -3.54. The number of hydrogen-bond acceptors (Lipinski definition) is 7. The topological polar surface area (TPSA) is 159 Å². The van der Waals surface area contributed by atoms with Gasteiger partial charge in [0.15, 0.2) is 15.6 Å². The SMILES string of the molecule is CC(=O)C(=O)C(CC1CC1)NC(=O)[C@@H]1C2C(CN1C(=O)[C@@H](NC(=O)NC1(CS(=O)(=O)C(C)(C)C)CCCCC1)C(C)(C)C)C21CC1. The van der Waals surface area contributed by atoms with E-state index in [0.717, 1.165) is 44.9 Å². The second-order valence-corrected chi connectivity index (χ2v) is 19.8. The standard InChI is InChI=1S/C34H54N4O7S/c1-20(39)26(40)23(17-21-11-12-21)35-28(41)25-24-22(34(24)15-16-34)18-38(25)29(42)27(31(2,3)4)36-30(43)37-33(13-9-8-10-14-33)19-46(44,45)32(5,6)7/h21-25,27H,8-19H2,1-7H3,(H,35,41)(H2,36,37,43)/t22?,23?,24?,25-,27+/m0/s1. The van der Waals surface area contributed by atoms with E-state index < -0.39 is 67.2 Å². The number of urea groups is 1. The van der Waals surface area contributed by atoms with Crippen molar-refractivity contribution >= 4 is 39.2 Å². The number of nitrogens with zero attached hydrogens (tertiary/aromatic N) is 1. The fourth-order valence-electron chi connectivity index (χ4n) is 8.10. The molecule has 12 heteroatoms.